The van der Waals surface area contributed by atoms with Crippen molar-refractivity contribution in [3.8, 4) is 0 Å². The fraction of sp³-hybridized carbons (Fsp3) is 0.600. The van der Waals surface area contributed by atoms with Gasteiger partial charge in [0, 0.05) is 19.4 Å². The minimum atomic E-state index is -0.217. The molecule has 0 aliphatic heterocycles. The molecule has 0 bridgehead atoms. The van der Waals surface area contributed by atoms with Gasteiger partial charge in [0.05, 0.1) is 6.61 Å². The zero-order valence-corrected chi connectivity index (χ0v) is 8.54. The number of hydrogen-bond donors (Lipinski definition) is 1. The quantitative estimate of drug-likeness (QED) is 0.378. The molecule has 0 spiro atoms. The van der Waals surface area contributed by atoms with Gasteiger partial charge in [0.2, 0.25) is 5.91 Å². The van der Waals surface area contributed by atoms with Crippen LogP contribution in [-0.2, 0) is 14.3 Å². The van der Waals surface area contributed by atoms with Crippen LogP contribution in [0.5, 0.6) is 0 Å². The lowest BCUT2D eigenvalue weighted by Crippen LogP contribution is -2.24. The first-order chi connectivity index (χ1) is 6.70. The SMILES string of the molecule is C=CCC(=O)NCCCC(=O)OCC. The van der Waals surface area contributed by atoms with E-state index in [9.17, 15) is 9.59 Å². The second-order valence-electron chi connectivity index (χ2n) is 2.75. The maximum Gasteiger partial charge on any atom is 0.305 e. The van der Waals surface area contributed by atoms with Crippen molar-refractivity contribution in [3.05, 3.63) is 12.7 Å². The van der Waals surface area contributed by atoms with E-state index in [1.165, 1.54) is 0 Å². The molecule has 0 aromatic carbocycles. The molecule has 0 radical (unpaired) electrons. The summed E-state index contributed by atoms with van der Waals surface area (Å²) in [7, 11) is 0. The highest BCUT2D eigenvalue weighted by Gasteiger charge is 2.01. The normalized spacial score (nSPS) is 9.21. The van der Waals surface area contributed by atoms with Gasteiger partial charge in [-0.3, -0.25) is 9.59 Å². The Bertz CT molecular complexity index is 202. The van der Waals surface area contributed by atoms with E-state index in [0.717, 1.165) is 0 Å². The van der Waals surface area contributed by atoms with Gasteiger partial charge in [-0.15, -0.1) is 6.58 Å². The second-order valence-corrected chi connectivity index (χ2v) is 2.75. The van der Waals surface area contributed by atoms with Crippen molar-refractivity contribution in [1.82, 2.24) is 5.32 Å². The van der Waals surface area contributed by atoms with Crippen LogP contribution in [0, 0.1) is 0 Å². The molecule has 0 fully saturated rings. The number of amides is 1. The standard InChI is InChI=1S/C10H17NO3/c1-3-6-9(12)11-8-5-7-10(13)14-4-2/h3H,1,4-8H2,2H3,(H,11,12). The topological polar surface area (TPSA) is 55.4 Å². The number of esters is 1. The van der Waals surface area contributed by atoms with Crippen LogP contribution in [0.2, 0.25) is 0 Å². The molecule has 0 rings (SSSR count). The first-order valence-corrected chi connectivity index (χ1v) is 4.74. The molecule has 0 aliphatic rings. The van der Waals surface area contributed by atoms with Gasteiger partial charge in [0.15, 0.2) is 0 Å². The lowest BCUT2D eigenvalue weighted by molar-refractivity contribution is -0.143. The smallest absolute Gasteiger partial charge is 0.305 e. The Hall–Kier alpha value is -1.32. The fourth-order valence-corrected chi connectivity index (χ4v) is 0.897. The number of ether oxygens (including phenoxy) is 1. The van der Waals surface area contributed by atoms with Crippen molar-refractivity contribution < 1.29 is 14.3 Å². The van der Waals surface area contributed by atoms with Crippen LogP contribution in [0.15, 0.2) is 12.7 Å². The molecule has 14 heavy (non-hydrogen) atoms. The van der Waals surface area contributed by atoms with Gasteiger partial charge in [-0.25, -0.2) is 0 Å². The molecule has 0 saturated carbocycles. The van der Waals surface area contributed by atoms with Crippen molar-refractivity contribution in [2.45, 2.75) is 26.2 Å². The Morgan fingerprint density at radius 3 is 2.79 bits per heavy atom. The highest BCUT2D eigenvalue weighted by atomic mass is 16.5. The van der Waals surface area contributed by atoms with Gasteiger partial charge in [-0.05, 0) is 13.3 Å². The molecule has 0 saturated heterocycles. The van der Waals surface area contributed by atoms with Crippen molar-refractivity contribution in [3.63, 3.8) is 0 Å². The molecule has 0 aromatic heterocycles. The number of nitrogens with one attached hydrogen (secondary N) is 1. The molecule has 0 aromatic rings. The maximum atomic E-state index is 10.9. The molecule has 0 atom stereocenters. The molecular weight excluding hydrogens is 182 g/mol. The summed E-state index contributed by atoms with van der Waals surface area (Å²) in [4.78, 5) is 21.8. The summed E-state index contributed by atoms with van der Waals surface area (Å²) in [6.45, 7) is 6.12. The minimum Gasteiger partial charge on any atom is -0.466 e. The Balaban J connectivity index is 3.32. The van der Waals surface area contributed by atoms with E-state index in [-0.39, 0.29) is 11.9 Å². The predicted octanol–water partition coefficient (Wildman–Crippen LogP) is 1.02. The average Bonchev–Trinajstić information content (AvgIpc) is 2.13. The monoisotopic (exact) mass is 199 g/mol. The van der Waals surface area contributed by atoms with E-state index in [1.54, 1.807) is 13.0 Å². The van der Waals surface area contributed by atoms with Crippen molar-refractivity contribution in [2.75, 3.05) is 13.2 Å². The zero-order chi connectivity index (χ0) is 10.8. The summed E-state index contributed by atoms with van der Waals surface area (Å²) < 4.78 is 4.73. The molecule has 1 N–H and O–H groups in total. The van der Waals surface area contributed by atoms with Gasteiger partial charge < -0.3 is 10.1 Å². The van der Waals surface area contributed by atoms with Crippen LogP contribution in [0.3, 0.4) is 0 Å². The fourth-order valence-electron chi connectivity index (χ4n) is 0.897. The lowest BCUT2D eigenvalue weighted by Gasteiger charge is -2.03. The van der Waals surface area contributed by atoms with E-state index in [2.05, 4.69) is 11.9 Å². The molecule has 80 valence electrons. The van der Waals surface area contributed by atoms with Gasteiger partial charge >= 0.3 is 5.97 Å². The second kappa shape index (κ2) is 8.29. The minimum absolute atomic E-state index is 0.0659. The number of rotatable bonds is 7. The van der Waals surface area contributed by atoms with Crippen LogP contribution in [0.1, 0.15) is 26.2 Å². The highest BCUT2D eigenvalue weighted by Crippen LogP contribution is 1.91. The molecule has 0 heterocycles. The van der Waals surface area contributed by atoms with Gasteiger partial charge in [-0.1, -0.05) is 6.08 Å². The molecule has 4 nitrogen and oxygen atoms in total. The molecule has 4 heteroatoms. The van der Waals surface area contributed by atoms with Gasteiger partial charge in [-0.2, -0.15) is 0 Å². The zero-order valence-electron chi connectivity index (χ0n) is 8.54. The Kier molecular flexibility index (Phi) is 7.50. The first-order valence-electron chi connectivity index (χ1n) is 4.74. The highest BCUT2D eigenvalue weighted by molar-refractivity contribution is 5.77. The van der Waals surface area contributed by atoms with Crippen LogP contribution in [0.25, 0.3) is 0 Å². The third-order valence-electron chi connectivity index (χ3n) is 1.51. The molecule has 0 unspecified atom stereocenters. The van der Waals surface area contributed by atoms with E-state index in [0.29, 0.717) is 32.4 Å². The summed E-state index contributed by atoms with van der Waals surface area (Å²) in [5.74, 6) is -0.283. The van der Waals surface area contributed by atoms with E-state index in [1.807, 2.05) is 0 Å². The van der Waals surface area contributed by atoms with E-state index in [4.69, 9.17) is 4.74 Å². The first kappa shape index (κ1) is 12.7. The van der Waals surface area contributed by atoms with Crippen molar-refractivity contribution in [1.29, 1.82) is 0 Å². The Morgan fingerprint density at radius 1 is 1.50 bits per heavy atom. The van der Waals surface area contributed by atoms with Crippen molar-refractivity contribution in [2.24, 2.45) is 0 Å². The van der Waals surface area contributed by atoms with Crippen LogP contribution in [-0.4, -0.2) is 25.0 Å². The summed E-state index contributed by atoms with van der Waals surface area (Å²) >= 11 is 0. The molecule has 0 aliphatic carbocycles. The molecule has 1 amide bonds. The number of carbonyl (C=O) groups is 2. The summed E-state index contributed by atoms with van der Waals surface area (Å²) in [6, 6.07) is 0. The van der Waals surface area contributed by atoms with Crippen LogP contribution < -0.4 is 5.32 Å². The lowest BCUT2D eigenvalue weighted by atomic mass is 10.3. The summed E-state index contributed by atoms with van der Waals surface area (Å²) in [6.07, 6.45) is 2.82. The largest absolute Gasteiger partial charge is 0.466 e. The van der Waals surface area contributed by atoms with E-state index >= 15 is 0 Å². The predicted molar refractivity (Wildman–Crippen MR) is 53.7 cm³/mol. The average molecular weight is 199 g/mol. The van der Waals surface area contributed by atoms with Gasteiger partial charge in [0.1, 0.15) is 0 Å². The summed E-state index contributed by atoms with van der Waals surface area (Å²) in [5, 5.41) is 2.66. The van der Waals surface area contributed by atoms with Gasteiger partial charge in [0.25, 0.3) is 0 Å². The maximum absolute atomic E-state index is 10.9. The molecular formula is C10H17NO3. The third kappa shape index (κ3) is 7.34. The number of carbonyl (C=O) groups excluding carboxylic acids is 2. The summed E-state index contributed by atoms with van der Waals surface area (Å²) in [5.41, 5.74) is 0. The Morgan fingerprint density at radius 2 is 2.21 bits per heavy atom. The van der Waals surface area contributed by atoms with Crippen molar-refractivity contribution >= 4 is 11.9 Å². The van der Waals surface area contributed by atoms with E-state index < -0.39 is 0 Å². The number of hydrogen-bond acceptors (Lipinski definition) is 3. The third-order valence-corrected chi connectivity index (χ3v) is 1.51. The van der Waals surface area contributed by atoms with Crippen LogP contribution >= 0.6 is 0 Å². The van der Waals surface area contributed by atoms with Crippen LogP contribution in [0.4, 0.5) is 0 Å². The Labute approximate surface area is 84.3 Å².